The first kappa shape index (κ1) is 15.2. The summed E-state index contributed by atoms with van der Waals surface area (Å²) in [5.74, 6) is -1.46. The maximum Gasteiger partial charge on any atom is 0.338 e. The monoisotopic (exact) mass is 289 g/mol. The first-order valence-electron chi connectivity index (χ1n) is 6.94. The lowest BCUT2D eigenvalue weighted by Crippen LogP contribution is -2.38. The average Bonchev–Trinajstić information content (AvgIpc) is 2.63. The van der Waals surface area contributed by atoms with E-state index in [9.17, 15) is 14.4 Å². The lowest BCUT2D eigenvalue weighted by molar-refractivity contribution is -0.180. The smallest absolute Gasteiger partial charge is 0.329 e. The molecule has 112 valence electrons. The van der Waals surface area contributed by atoms with Crippen molar-refractivity contribution in [2.75, 3.05) is 0 Å². The summed E-state index contributed by atoms with van der Waals surface area (Å²) in [6.45, 7) is 7.48. The van der Waals surface area contributed by atoms with Crippen molar-refractivity contribution >= 4 is 17.8 Å². The van der Waals surface area contributed by atoms with Gasteiger partial charge in [0.15, 0.2) is 0 Å². The fraction of sp³-hybridized carbons (Fsp3) is 0.438. The number of nitrogens with zero attached hydrogens (tertiary/aromatic N) is 1. The summed E-state index contributed by atoms with van der Waals surface area (Å²) in [7, 11) is 0. The van der Waals surface area contributed by atoms with Gasteiger partial charge in [0, 0.05) is 0 Å². The normalized spacial score (nSPS) is 14.6. The summed E-state index contributed by atoms with van der Waals surface area (Å²) in [4.78, 5) is 41.5. The number of fused-ring (bicyclic) bond motifs is 1. The number of benzene rings is 1. The number of imide groups is 1. The predicted molar refractivity (Wildman–Crippen MR) is 76.3 cm³/mol. The molecule has 0 aliphatic carbocycles. The predicted octanol–water partition coefficient (Wildman–Crippen LogP) is 2.81. The van der Waals surface area contributed by atoms with Gasteiger partial charge in [-0.25, -0.2) is 4.79 Å². The highest BCUT2D eigenvalue weighted by Gasteiger charge is 2.41. The van der Waals surface area contributed by atoms with E-state index in [2.05, 4.69) is 0 Å². The van der Waals surface area contributed by atoms with Gasteiger partial charge in [-0.05, 0) is 38.3 Å². The van der Waals surface area contributed by atoms with Crippen molar-refractivity contribution < 1.29 is 19.2 Å². The van der Waals surface area contributed by atoms with Crippen molar-refractivity contribution in [1.82, 2.24) is 5.06 Å². The lowest BCUT2D eigenvalue weighted by Gasteiger charge is -2.25. The minimum Gasteiger partial charge on any atom is -0.329 e. The van der Waals surface area contributed by atoms with Crippen LogP contribution in [0.1, 0.15) is 54.8 Å². The molecule has 0 atom stereocenters. The third-order valence-electron chi connectivity index (χ3n) is 3.40. The molecule has 1 aliphatic rings. The Kier molecular flexibility index (Phi) is 3.85. The van der Waals surface area contributed by atoms with Gasteiger partial charge in [0.25, 0.3) is 11.8 Å². The van der Waals surface area contributed by atoms with Gasteiger partial charge in [0.05, 0.1) is 16.5 Å². The Morgan fingerprint density at radius 1 is 1.14 bits per heavy atom. The first-order chi connectivity index (χ1) is 9.74. The van der Waals surface area contributed by atoms with Gasteiger partial charge in [-0.1, -0.05) is 31.0 Å². The van der Waals surface area contributed by atoms with Crippen LogP contribution in [0.25, 0.3) is 0 Å². The standard InChI is InChI=1S/C16H19NO4/c1-10(2)9-16(3,4)15(20)21-17-13(18)11-7-5-6-8-12(11)14(17)19/h5-8,10H,9H2,1-4H3. The molecule has 0 bridgehead atoms. The Balaban J connectivity index is 2.17. The molecule has 0 unspecified atom stereocenters. The molecule has 1 aromatic carbocycles. The van der Waals surface area contributed by atoms with Crippen molar-refractivity contribution in [3.63, 3.8) is 0 Å². The topological polar surface area (TPSA) is 63.7 Å². The van der Waals surface area contributed by atoms with Crippen molar-refractivity contribution in [3.8, 4) is 0 Å². The van der Waals surface area contributed by atoms with Gasteiger partial charge in [-0.15, -0.1) is 0 Å². The van der Waals surface area contributed by atoms with Crippen LogP contribution in [-0.2, 0) is 9.63 Å². The summed E-state index contributed by atoms with van der Waals surface area (Å²) in [5, 5.41) is 0.565. The minimum atomic E-state index is -0.760. The minimum absolute atomic E-state index is 0.261. The summed E-state index contributed by atoms with van der Waals surface area (Å²) in [6, 6.07) is 6.42. The zero-order valence-electron chi connectivity index (χ0n) is 12.7. The van der Waals surface area contributed by atoms with Crippen LogP contribution in [0.3, 0.4) is 0 Å². The Morgan fingerprint density at radius 2 is 1.62 bits per heavy atom. The summed E-state index contributed by atoms with van der Waals surface area (Å²) in [5.41, 5.74) is -0.238. The van der Waals surface area contributed by atoms with E-state index in [4.69, 9.17) is 4.84 Å². The highest BCUT2D eigenvalue weighted by Crippen LogP contribution is 2.29. The van der Waals surface area contributed by atoms with Crippen LogP contribution in [0.4, 0.5) is 0 Å². The molecule has 1 aliphatic heterocycles. The molecule has 0 aromatic heterocycles. The summed E-state index contributed by atoms with van der Waals surface area (Å²) < 4.78 is 0. The molecule has 5 nitrogen and oxygen atoms in total. The van der Waals surface area contributed by atoms with E-state index in [0.717, 1.165) is 0 Å². The molecule has 0 spiro atoms. The van der Waals surface area contributed by atoms with Crippen molar-refractivity contribution in [3.05, 3.63) is 35.4 Å². The second-order valence-electron chi connectivity index (χ2n) is 6.31. The first-order valence-corrected chi connectivity index (χ1v) is 6.94. The van der Waals surface area contributed by atoms with Crippen LogP contribution in [-0.4, -0.2) is 22.8 Å². The number of hydrogen-bond donors (Lipinski definition) is 0. The van der Waals surface area contributed by atoms with E-state index < -0.39 is 23.2 Å². The second-order valence-corrected chi connectivity index (χ2v) is 6.31. The van der Waals surface area contributed by atoms with E-state index >= 15 is 0 Å². The van der Waals surface area contributed by atoms with E-state index in [-0.39, 0.29) is 11.1 Å². The van der Waals surface area contributed by atoms with Crippen molar-refractivity contribution in [1.29, 1.82) is 0 Å². The molecular weight excluding hydrogens is 270 g/mol. The number of rotatable bonds is 4. The maximum atomic E-state index is 12.2. The SMILES string of the molecule is CC(C)CC(C)(C)C(=O)ON1C(=O)c2ccccc2C1=O. The van der Waals surface area contributed by atoms with Gasteiger partial charge < -0.3 is 4.84 Å². The van der Waals surface area contributed by atoms with Gasteiger partial charge in [0.2, 0.25) is 0 Å². The quantitative estimate of drug-likeness (QED) is 0.799. The van der Waals surface area contributed by atoms with Gasteiger partial charge in [-0.2, -0.15) is 0 Å². The van der Waals surface area contributed by atoms with Crippen LogP contribution in [0.15, 0.2) is 24.3 Å². The zero-order valence-corrected chi connectivity index (χ0v) is 12.7. The Bertz CT molecular complexity index is 569. The van der Waals surface area contributed by atoms with Gasteiger partial charge in [-0.3, -0.25) is 9.59 Å². The third kappa shape index (κ3) is 2.82. The molecule has 0 saturated heterocycles. The Hall–Kier alpha value is -2.17. The van der Waals surface area contributed by atoms with Crippen LogP contribution in [0.2, 0.25) is 0 Å². The number of amides is 2. The van der Waals surface area contributed by atoms with Crippen LogP contribution >= 0.6 is 0 Å². The molecule has 0 fully saturated rings. The highest BCUT2D eigenvalue weighted by molar-refractivity contribution is 6.20. The van der Waals surface area contributed by atoms with E-state index in [1.807, 2.05) is 13.8 Å². The Morgan fingerprint density at radius 3 is 2.05 bits per heavy atom. The van der Waals surface area contributed by atoms with Crippen LogP contribution in [0, 0.1) is 11.3 Å². The fourth-order valence-electron chi connectivity index (χ4n) is 2.56. The number of carbonyl (C=O) groups is 3. The largest absolute Gasteiger partial charge is 0.338 e. The highest BCUT2D eigenvalue weighted by atomic mass is 16.7. The molecule has 0 radical (unpaired) electrons. The van der Waals surface area contributed by atoms with Gasteiger partial charge in [0.1, 0.15) is 0 Å². The maximum absolute atomic E-state index is 12.2. The molecule has 1 heterocycles. The second kappa shape index (κ2) is 5.31. The Labute approximate surface area is 123 Å². The third-order valence-corrected chi connectivity index (χ3v) is 3.40. The van der Waals surface area contributed by atoms with Crippen LogP contribution in [0.5, 0.6) is 0 Å². The number of hydroxylamine groups is 2. The molecule has 5 heteroatoms. The summed E-state index contributed by atoms with van der Waals surface area (Å²) >= 11 is 0. The molecule has 1 aromatic rings. The van der Waals surface area contributed by atoms with E-state index in [1.54, 1.807) is 38.1 Å². The van der Waals surface area contributed by atoms with Gasteiger partial charge >= 0.3 is 5.97 Å². The summed E-state index contributed by atoms with van der Waals surface area (Å²) in [6.07, 6.45) is 0.606. The van der Waals surface area contributed by atoms with E-state index in [0.29, 0.717) is 17.4 Å². The van der Waals surface area contributed by atoms with Crippen LogP contribution < -0.4 is 0 Å². The molecule has 2 rings (SSSR count). The number of hydrogen-bond acceptors (Lipinski definition) is 4. The molecular formula is C16H19NO4. The molecule has 21 heavy (non-hydrogen) atoms. The molecule has 0 saturated carbocycles. The fourth-order valence-corrected chi connectivity index (χ4v) is 2.56. The molecule has 0 N–H and O–H groups in total. The zero-order chi connectivity index (χ0) is 15.8. The average molecular weight is 289 g/mol. The molecule has 2 amide bonds. The van der Waals surface area contributed by atoms with Crippen molar-refractivity contribution in [2.45, 2.75) is 34.1 Å². The van der Waals surface area contributed by atoms with Crippen molar-refractivity contribution in [2.24, 2.45) is 11.3 Å². The number of carbonyl (C=O) groups excluding carboxylic acids is 3. The lowest BCUT2D eigenvalue weighted by atomic mass is 9.84. The van der Waals surface area contributed by atoms with E-state index in [1.165, 1.54) is 0 Å².